The van der Waals surface area contributed by atoms with Crippen LogP contribution in [0.1, 0.15) is 17.3 Å². The number of phenols is 1. The number of carbonyl (C=O) groups is 2. The van der Waals surface area contributed by atoms with Gasteiger partial charge in [0, 0.05) is 42.1 Å². The highest BCUT2D eigenvalue weighted by molar-refractivity contribution is 6.11. The van der Waals surface area contributed by atoms with Crippen molar-refractivity contribution in [2.75, 3.05) is 5.32 Å². The highest BCUT2D eigenvalue weighted by atomic mass is 16.6. The first-order chi connectivity index (χ1) is 15.8. The predicted molar refractivity (Wildman–Crippen MR) is 120 cm³/mol. The van der Waals surface area contributed by atoms with Gasteiger partial charge < -0.3 is 15.0 Å². The number of fused-ring (bicyclic) bond motifs is 3. The number of pyridine rings is 2. The maximum absolute atomic E-state index is 13.1. The number of benzene rings is 2. The molecule has 0 unspecified atom stereocenters. The molecule has 2 aromatic heterocycles. The number of aromatic hydroxyl groups is 1. The van der Waals surface area contributed by atoms with Crippen molar-refractivity contribution in [2.24, 2.45) is 0 Å². The maximum Gasteiger partial charge on any atom is 0.326 e. The van der Waals surface area contributed by atoms with E-state index in [9.17, 15) is 29.6 Å². The minimum absolute atomic E-state index is 0.110. The van der Waals surface area contributed by atoms with E-state index in [1.807, 2.05) is 6.92 Å². The van der Waals surface area contributed by atoms with Gasteiger partial charge in [0.15, 0.2) is 0 Å². The van der Waals surface area contributed by atoms with Crippen molar-refractivity contribution in [3.8, 4) is 5.75 Å². The molecular formula is C22H17N5O6. The summed E-state index contributed by atoms with van der Waals surface area (Å²) in [5, 5.41) is 26.2. The van der Waals surface area contributed by atoms with E-state index in [1.54, 1.807) is 16.7 Å². The Morgan fingerprint density at radius 3 is 2.58 bits per heavy atom. The van der Waals surface area contributed by atoms with E-state index in [0.29, 0.717) is 23.0 Å². The Bertz CT molecular complexity index is 1490. The van der Waals surface area contributed by atoms with Crippen LogP contribution >= 0.6 is 0 Å². The van der Waals surface area contributed by atoms with E-state index >= 15 is 0 Å². The zero-order valence-electron chi connectivity index (χ0n) is 17.2. The molecule has 0 aliphatic heterocycles. The summed E-state index contributed by atoms with van der Waals surface area (Å²) in [4.78, 5) is 52.3. The number of amides is 3. The molecule has 0 aliphatic rings. The van der Waals surface area contributed by atoms with Crippen molar-refractivity contribution in [1.82, 2.24) is 14.9 Å². The van der Waals surface area contributed by atoms with Crippen LogP contribution in [0.3, 0.4) is 0 Å². The van der Waals surface area contributed by atoms with Crippen molar-refractivity contribution in [3.05, 3.63) is 80.8 Å². The Balaban J connectivity index is 1.67. The Morgan fingerprint density at radius 2 is 1.91 bits per heavy atom. The third-order valence-corrected chi connectivity index (χ3v) is 5.05. The van der Waals surface area contributed by atoms with Gasteiger partial charge in [-0.1, -0.05) is 0 Å². The Hall–Kier alpha value is -4.80. The second kappa shape index (κ2) is 8.38. The Labute approximate surface area is 185 Å². The summed E-state index contributed by atoms with van der Waals surface area (Å²) >= 11 is 0. The van der Waals surface area contributed by atoms with Gasteiger partial charge in [-0.15, -0.1) is 0 Å². The first kappa shape index (κ1) is 21.4. The number of hydrogen-bond donors (Lipinski definition) is 3. The summed E-state index contributed by atoms with van der Waals surface area (Å²) < 4.78 is 1.67. The average Bonchev–Trinajstić information content (AvgIpc) is 2.80. The fourth-order valence-corrected chi connectivity index (χ4v) is 3.54. The number of nitro groups is 1. The Morgan fingerprint density at radius 1 is 1.18 bits per heavy atom. The third kappa shape index (κ3) is 3.94. The normalized spacial score (nSPS) is 10.8. The lowest BCUT2D eigenvalue weighted by Crippen LogP contribution is -2.37. The first-order valence-corrected chi connectivity index (χ1v) is 9.80. The molecule has 3 N–H and O–H groups in total. The predicted octanol–water partition coefficient (Wildman–Crippen LogP) is 3.15. The number of urea groups is 1. The van der Waals surface area contributed by atoms with E-state index in [-0.39, 0.29) is 28.1 Å². The van der Waals surface area contributed by atoms with Gasteiger partial charge in [-0.2, -0.15) is 0 Å². The second-order valence-electron chi connectivity index (χ2n) is 7.06. The molecule has 0 aliphatic carbocycles. The largest absolute Gasteiger partial charge is 0.506 e. The van der Waals surface area contributed by atoms with Crippen LogP contribution in [0, 0.1) is 10.1 Å². The highest BCUT2D eigenvalue weighted by Gasteiger charge is 2.20. The number of phenolic OH excluding ortho intramolecular Hbond substituents is 1. The molecular weight excluding hydrogens is 430 g/mol. The number of carbonyl (C=O) groups excluding carboxylic acids is 2. The van der Waals surface area contributed by atoms with Crippen molar-refractivity contribution >= 4 is 45.1 Å². The fourth-order valence-electron chi connectivity index (χ4n) is 3.54. The molecule has 0 fully saturated rings. The zero-order valence-corrected chi connectivity index (χ0v) is 17.2. The number of anilines is 1. The summed E-state index contributed by atoms with van der Waals surface area (Å²) in [6.07, 6.45) is 2.87. The van der Waals surface area contributed by atoms with Crippen LogP contribution in [0.4, 0.5) is 16.2 Å². The van der Waals surface area contributed by atoms with E-state index in [2.05, 4.69) is 15.6 Å². The number of nitro benzene ring substituents is 1. The van der Waals surface area contributed by atoms with E-state index in [0.717, 1.165) is 0 Å². The molecule has 4 rings (SSSR count). The van der Waals surface area contributed by atoms with Crippen LogP contribution in [0.15, 0.2) is 59.7 Å². The molecule has 2 heterocycles. The molecule has 0 radical (unpaired) electrons. The number of aromatic nitrogens is 2. The smallest absolute Gasteiger partial charge is 0.326 e. The van der Waals surface area contributed by atoms with Crippen molar-refractivity contribution < 1.29 is 19.6 Å². The molecule has 11 heteroatoms. The molecule has 0 atom stereocenters. The monoisotopic (exact) mass is 447 g/mol. The zero-order chi connectivity index (χ0) is 23.7. The first-order valence-electron chi connectivity index (χ1n) is 9.80. The van der Waals surface area contributed by atoms with Gasteiger partial charge in [0.25, 0.3) is 11.6 Å². The number of non-ortho nitro benzene ring substituents is 1. The van der Waals surface area contributed by atoms with Crippen LogP contribution in [-0.4, -0.2) is 31.5 Å². The lowest BCUT2D eigenvalue weighted by molar-refractivity contribution is -0.384. The number of nitrogens with zero attached hydrogens (tertiary/aromatic N) is 3. The molecule has 4 aromatic rings. The SMILES string of the molecule is CCn1cc(C(=O)NC(=O)Nc2ccc([N+](=O)[O-])cc2)c(=O)c2cc(O)c3ncccc3c21. The minimum atomic E-state index is -0.936. The van der Waals surface area contributed by atoms with Gasteiger partial charge in [0.05, 0.1) is 15.8 Å². The molecule has 11 nitrogen and oxygen atoms in total. The Kier molecular flexibility index (Phi) is 5.44. The molecule has 0 saturated carbocycles. The molecule has 166 valence electrons. The lowest BCUT2D eigenvalue weighted by atomic mass is 10.1. The van der Waals surface area contributed by atoms with Gasteiger partial charge >= 0.3 is 6.03 Å². The summed E-state index contributed by atoms with van der Waals surface area (Å²) in [7, 11) is 0. The number of hydrogen-bond acceptors (Lipinski definition) is 7. The van der Waals surface area contributed by atoms with Crippen LogP contribution in [0.5, 0.6) is 5.75 Å². The van der Waals surface area contributed by atoms with Crippen LogP contribution in [-0.2, 0) is 6.54 Å². The number of imide groups is 1. The molecule has 3 amide bonds. The number of nitrogens with one attached hydrogen (secondary N) is 2. The van der Waals surface area contributed by atoms with Crippen molar-refractivity contribution in [3.63, 3.8) is 0 Å². The molecule has 33 heavy (non-hydrogen) atoms. The van der Waals surface area contributed by atoms with Gasteiger partial charge in [-0.05, 0) is 37.3 Å². The molecule has 0 saturated heterocycles. The van der Waals surface area contributed by atoms with Crippen molar-refractivity contribution in [2.45, 2.75) is 13.5 Å². The van der Waals surface area contributed by atoms with E-state index in [1.165, 1.54) is 42.7 Å². The standard InChI is InChI=1S/C22H17N5O6/c1-2-26-11-16(20(29)15-10-17(28)18-14(19(15)26)4-3-9-23-18)21(30)25-22(31)24-12-5-7-13(8-6-12)27(32)33/h3-11,28H,2H2,1H3,(H2,24,25,30,31). The van der Waals surface area contributed by atoms with Crippen molar-refractivity contribution in [1.29, 1.82) is 0 Å². The third-order valence-electron chi connectivity index (χ3n) is 5.05. The fraction of sp³-hybridized carbons (Fsp3) is 0.0909. The number of aryl methyl sites for hydroxylation is 1. The van der Waals surface area contributed by atoms with E-state index in [4.69, 9.17) is 0 Å². The lowest BCUT2D eigenvalue weighted by Gasteiger charge is -2.14. The van der Waals surface area contributed by atoms with Crippen LogP contribution in [0.25, 0.3) is 21.8 Å². The summed E-state index contributed by atoms with van der Waals surface area (Å²) in [6, 6.07) is 8.75. The average molecular weight is 447 g/mol. The van der Waals surface area contributed by atoms with Gasteiger partial charge in [0.2, 0.25) is 5.43 Å². The maximum atomic E-state index is 13.1. The minimum Gasteiger partial charge on any atom is -0.506 e. The van der Waals surface area contributed by atoms with Crippen LogP contribution < -0.4 is 16.1 Å². The molecule has 2 aromatic carbocycles. The number of rotatable bonds is 4. The van der Waals surface area contributed by atoms with Crippen LogP contribution in [0.2, 0.25) is 0 Å². The second-order valence-corrected chi connectivity index (χ2v) is 7.06. The molecule has 0 spiro atoms. The summed E-state index contributed by atoms with van der Waals surface area (Å²) in [5.74, 6) is -1.14. The summed E-state index contributed by atoms with van der Waals surface area (Å²) in [6.45, 7) is 2.22. The van der Waals surface area contributed by atoms with Gasteiger partial charge in [-0.25, -0.2) is 4.79 Å². The molecule has 0 bridgehead atoms. The van der Waals surface area contributed by atoms with Gasteiger partial charge in [-0.3, -0.25) is 30.0 Å². The van der Waals surface area contributed by atoms with E-state index < -0.39 is 22.3 Å². The van der Waals surface area contributed by atoms with Gasteiger partial charge in [0.1, 0.15) is 16.8 Å². The topological polar surface area (TPSA) is 156 Å². The summed E-state index contributed by atoms with van der Waals surface area (Å²) in [5.41, 5.74) is -0.0395. The quantitative estimate of drug-likeness (QED) is 0.246. The highest BCUT2D eigenvalue weighted by Crippen LogP contribution is 2.30.